The first kappa shape index (κ1) is 10.1. The number of nitrogens with zero attached hydrogens (tertiary/aromatic N) is 4. The summed E-state index contributed by atoms with van der Waals surface area (Å²) in [6.45, 7) is 0.432. The summed E-state index contributed by atoms with van der Waals surface area (Å²) >= 11 is 1.52. The molecule has 0 aliphatic heterocycles. The van der Waals surface area contributed by atoms with Crippen LogP contribution in [0.4, 0.5) is 0 Å². The van der Waals surface area contributed by atoms with E-state index in [1.807, 2.05) is 19.2 Å². The Bertz CT molecular complexity index is 453. The summed E-state index contributed by atoms with van der Waals surface area (Å²) in [6.07, 6.45) is 3.27. The Morgan fingerprint density at radius 1 is 1.47 bits per heavy atom. The van der Waals surface area contributed by atoms with Gasteiger partial charge in [0.15, 0.2) is 5.16 Å². The van der Waals surface area contributed by atoms with Crippen molar-refractivity contribution in [3.63, 3.8) is 0 Å². The van der Waals surface area contributed by atoms with E-state index in [1.54, 1.807) is 10.9 Å². The first-order valence-corrected chi connectivity index (χ1v) is 5.28. The average molecular weight is 221 g/mol. The Morgan fingerprint density at radius 2 is 2.33 bits per heavy atom. The predicted octanol–water partition coefficient (Wildman–Crippen LogP) is 0.820. The van der Waals surface area contributed by atoms with Crippen molar-refractivity contribution in [2.24, 2.45) is 12.8 Å². The van der Waals surface area contributed by atoms with Gasteiger partial charge in [-0.15, -0.1) is 0 Å². The zero-order chi connectivity index (χ0) is 10.7. The quantitative estimate of drug-likeness (QED) is 0.831. The molecule has 0 amide bonds. The van der Waals surface area contributed by atoms with Crippen molar-refractivity contribution in [3.8, 4) is 0 Å². The molecule has 0 spiro atoms. The van der Waals surface area contributed by atoms with Gasteiger partial charge in [0.05, 0.1) is 5.69 Å². The lowest BCUT2D eigenvalue weighted by molar-refractivity contribution is 0.685. The summed E-state index contributed by atoms with van der Waals surface area (Å²) < 4.78 is 1.72. The second kappa shape index (κ2) is 4.41. The summed E-state index contributed by atoms with van der Waals surface area (Å²) in [5, 5.41) is 4.83. The number of hydrogen-bond donors (Lipinski definition) is 1. The second-order valence-electron chi connectivity index (χ2n) is 2.92. The fourth-order valence-electron chi connectivity index (χ4n) is 1.15. The highest BCUT2D eigenvalue weighted by molar-refractivity contribution is 7.99. The molecule has 0 radical (unpaired) electrons. The Morgan fingerprint density at radius 3 is 3.00 bits per heavy atom. The molecular formula is C9H11N5S. The first-order valence-electron chi connectivity index (χ1n) is 4.47. The molecule has 0 aromatic carbocycles. The van der Waals surface area contributed by atoms with Gasteiger partial charge in [-0.2, -0.15) is 5.10 Å². The third-order valence-electron chi connectivity index (χ3n) is 1.91. The van der Waals surface area contributed by atoms with Gasteiger partial charge in [0, 0.05) is 24.7 Å². The summed E-state index contributed by atoms with van der Waals surface area (Å²) in [7, 11) is 1.85. The van der Waals surface area contributed by atoms with Crippen molar-refractivity contribution in [2.75, 3.05) is 0 Å². The van der Waals surface area contributed by atoms with Gasteiger partial charge in [0.2, 0.25) is 0 Å². The van der Waals surface area contributed by atoms with Crippen LogP contribution in [0.2, 0.25) is 0 Å². The van der Waals surface area contributed by atoms with Crippen molar-refractivity contribution in [2.45, 2.75) is 16.6 Å². The van der Waals surface area contributed by atoms with E-state index < -0.39 is 0 Å². The van der Waals surface area contributed by atoms with Crippen molar-refractivity contribution in [1.82, 2.24) is 19.7 Å². The van der Waals surface area contributed by atoms with E-state index in [0.29, 0.717) is 6.54 Å². The number of hydrogen-bond acceptors (Lipinski definition) is 5. The van der Waals surface area contributed by atoms with Crippen molar-refractivity contribution in [3.05, 3.63) is 30.4 Å². The van der Waals surface area contributed by atoms with Crippen LogP contribution in [0.15, 0.2) is 34.7 Å². The van der Waals surface area contributed by atoms with Crippen LogP contribution >= 0.6 is 11.8 Å². The van der Waals surface area contributed by atoms with Gasteiger partial charge in [-0.05, 0) is 23.9 Å². The molecular weight excluding hydrogens is 210 g/mol. The lowest BCUT2D eigenvalue weighted by Gasteiger charge is -2.04. The summed E-state index contributed by atoms with van der Waals surface area (Å²) in [5.41, 5.74) is 6.48. The molecule has 2 rings (SSSR count). The molecule has 78 valence electrons. The number of nitrogens with two attached hydrogens (primary N) is 1. The van der Waals surface area contributed by atoms with E-state index in [1.165, 1.54) is 18.1 Å². The topological polar surface area (TPSA) is 69.6 Å². The third kappa shape index (κ3) is 2.16. The molecule has 0 bridgehead atoms. The number of rotatable bonds is 3. The minimum Gasteiger partial charge on any atom is -0.325 e. The number of pyridine rings is 1. The number of aromatic nitrogens is 4. The van der Waals surface area contributed by atoms with Crippen LogP contribution in [-0.4, -0.2) is 19.7 Å². The SMILES string of the molecule is Cn1ncnc1Sc1cccnc1CN. The van der Waals surface area contributed by atoms with Crippen molar-refractivity contribution in [1.29, 1.82) is 0 Å². The Labute approximate surface area is 91.7 Å². The highest BCUT2D eigenvalue weighted by Gasteiger charge is 2.07. The van der Waals surface area contributed by atoms with E-state index in [-0.39, 0.29) is 0 Å². The molecule has 15 heavy (non-hydrogen) atoms. The van der Waals surface area contributed by atoms with Crippen LogP contribution < -0.4 is 5.73 Å². The van der Waals surface area contributed by atoms with Crippen LogP contribution in [0.1, 0.15) is 5.69 Å². The standard InChI is InChI=1S/C9H11N5S/c1-14-9(12-6-13-14)15-8-3-2-4-11-7(8)5-10/h2-4,6H,5,10H2,1H3. The highest BCUT2D eigenvalue weighted by Crippen LogP contribution is 2.26. The van der Waals surface area contributed by atoms with E-state index in [2.05, 4.69) is 15.1 Å². The lowest BCUT2D eigenvalue weighted by Crippen LogP contribution is -2.01. The normalized spacial score (nSPS) is 10.5. The third-order valence-corrected chi connectivity index (χ3v) is 3.06. The highest BCUT2D eigenvalue weighted by atomic mass is 32.2. The molecule has 0 fully saturated rings. The second-order valence-corrected chi connectivity index (χ2v) is 3.93. The summed E-state index contributed by atoms with van der Waals surface area (Å²) in [4.78, 5) is 9.36. The maximum Gasteiger partial charge on any atom is 0.190 e. The van der Waals surface area contributed by atoms with Crippen LogP contribution in [0.25, 0.3) is 0 Å². The van der Waals surface area contributed by atoms with Crippen LogP contribution in [0.5, 0.6) is 0 Å². The molecule has 5 nitrogen and oxygen atoms in total. The van der Waals surface area contributed by atoms with Gasteiger partial charge < -0.3 is 5.73 Å². The molecule has 2 aromatic heterocycles. The van der Waals surface area contributed by atoms with E-state index in [0.717, 1.165) is 15.7 Å². The Balaban J connectivity index is 2.28. The minimum absolute atomic E-state index is 0.432. The van der Waals surface area contributed by atoms with Crippen LogP contribution in [0.3, 0.4) is 0 Å². The molecule has 0 unspecified atom stereocenters. The molecule has 0 saturated heterocycles. The molecule has 0 saturated carbocycles. The molecule has 0 atom stereocenters. The molecule has 0 aliphatic rings. The molecule has 0 aliphatic carbocycles. The fraction of sp³-hybridized carbons (Fsp3) is 0.222. The molecule has 6 heteroatoms. The Hall–Kier alpha value is -1.40. The zero-order valence-corrected chi connectivity index (χ0v) is 9.11. The van der Waals surface area contributed by atoms with E-state index in [9.17, 15) is 0 Å². The van der Waals surface area contributed by atoms with Gasteiger partial charge in [-0.1, -0.05) is 0 Å². The predicted molar refractivity (Wildman–Crippen MR) is 57.3 cm³/mol. The van der Waals surface area contributed by atoms with E-state index >= 15 is 0 Å². The zero-order valence-electron chi connectivity index (χ0n) is 8.29. The monoisotopic (exact) mass is 221 g/mol. The van der Waals surface area contributed by atoms with Crippen molar-refractivity contribution >= 4 is 11.8 Å². The van der Waals surface area contributed by atoms with Gasteiger partial charge in [-0.25, -0.2) is 9.67 Å². The first-order chi connectivity index (χ1) is 7.31. The van der Waals surface area contributed by atoms with Crippen LogP contribution in [-0.2, 0) is 13.6 Å². The summed E-state index contributed by atoms with van der Waals surface area (Å²) in [6, 6.07) is 3.87. The summed E-state index contributed by atoms with van der Waals surface area (Å²) in [5.74, 6) is 0. The Kier molecular flexibility index (Phi) is 2.98. The maximum absolute atomic E-state index is 5.60. The van der Waals surface area contributed by atoms with E-state index in [4.69, 9.17) is 5.73 Å². The smallest absolute Gasteiger partial charge is 0.190 e. The van der Waals surface area contributed by atoms with Crippen LogP contribution in [0, 0.1) is 0 Å². The number of aryl methyl sites for hydroxylation is 1. The molecule has 2 aromatic rings. The van der Waals surface area contributed by atoms with Gasteiger partial charge in [0.25, 0.3) is 0 Å². The average Bonchev–Trinajstić information content (AvgIpc) is 2.65. The minimum atomic E-state index is 0.432. The van der Waals surface area contributed by atoms with Crippen molar-refractivity contribution < 1.29 is 0 Å². The fourth-order valence-corrected chi connectivity index (χ4v) is 2.02. The maximum atomic E-state index is 5.60. The largest absolute Gasteiger partial charge is 0.325 e. The van der Waals surface area contributed by atoms with Gasteiger partial charge in [-0.3, -0.25) is 4.98 Å². The van der Waals surface area contributed by atoms with Gasteiger partial charge in [0.1, 0.15) is 6.33 Å². The molecule has 2 heterocycles. The van der Waals surface area contributed by atoms with Gasteiger partial charge >= 0.3 is 0 Å². The molecule has 2 N–H and O–H groups in total. The lowest BCUT2D eigenvalue weighted by atomic mass is 10.3.